The van der Waals surface area contributed by atoms with Gasteiger partial charge >= 0.3 is 5.97 Å². The van der Waals surface area contributed by atoms with Gasteiger partial charge in [-0.3, -0.25) is 4.79 Å². The van der Waals surface area contributed by atoms with Gasteiger partial charge in [0.2, 0.25) is 5.78 Å². The van der Waals surface area contributed by atoms with Crippen LogP contribution in [0.4, 0.5) is 10.7 Å². The molecule has 0 aliphatic heterocycles. The van der Waals surface area contributed by atoms with Crippen LogP contribution in [-0.4, -0.2) is 31.1 Å². The van der Waals surface area contributed by atoms with Gasteiger partial charge in [-0.1, -0.05) is 0 Å². The number of carboxylic acid groups (broad SMARTS) is 1. The Morgan fingerprint density at radius 3 is 1.96 bits per heavy atom. The Bertz CT molecular complexity index is 1010. The minimum absolute atomic E-state index is 0.0951. The van der Waals surface area contributed by atoms with Gasteiger partial charge in [-0.2, -0.15) is 0 Å². The van der Waals surface area contributed by atoms with Crippen molar-refractivity contribution < 1.29 is 24.2 Å². The van der Waals surface area contributed by atoms with Crippen LogP contribution in [0.15, 0.2) is 48.5 Å². The molecule has 0 spiro atoms. The van der Waals surface area contributed by atoms with E-state index < -0.39 is 5.97 Å². The molecular formula is C21H19NO5S. The summed E-state index contributed by atoms with van der Waals surface area (Å²) in [5.41, 5.74) is 1.71. The number of ketones is 1. The number of ether oxygens (including phenoxy) is 2. The smallest absolute Gasteiger partial charge is 0.339 e. The van der Waals surface area contributed by atoms with Crippen molar-refractivity contribution in [1.82, 2.24) is 0 Å². The fourth-order valence-corrected chi connectivity index (χ4v) is 3.94. The van der Waals surface area contributed by atoms with Crippen LogP contribution in [0.3, 0.4) is 0 Å². The number of thiophene rings is 1. The van der Waals surface area contributed by atoms with Gasteiger partial charge in [-0.25, -0.2) is 4.79 Å². The summed E-state index contributed by atoms with van der Waals surface area (Å²) in [5, 5.41) is 13.2. The fraction of sp³-hybridized carbons (Fsp3) is 0.143. The summed E-state index contributed by atoms with van der Waals surface area (Å²) >= 11 is 1.13. The van der Waals surface area contributed by atoms with Crippen LogP contribution in [0.25, 0.3) is 0 Å². The molecule has 0 saturated heterocycles. The number of methoxy groups -OCH3 is 2. The van der Waals surface area contributed by atoms with Crippen LogP contribution in [0.5, 0.6) is 11.5 Å². The van der Waals surface area contributed by atoms with Crippen molar-refractivity contribution in [2.75, 3.05) is 19.5 Å². The molecule has 0 unspecified atom stereocenters. The van der Waals surface area contributed by atoms with E-state index in [1.807, 2.05) is 0 Å². The highest BCUT2D eigenvalue weighted by atomic mass is 32.1. The molecule has 3 rings (SSSR count). The molecule has 0 radical (unpaired) electrons. The average Bonchev–Trinajstić information content (AvgIpc) is 3.04. The molecule has 7 heteroatoms. The topological polar surface area (TPSA) is 84.9 Å². The van der Waals surface area contributed by atoms with Crippen LogP contribution in [0, 0.1) is 6.92 Å². The van der Waals surface area contributed by atoms with E-state index in [1.54, 1.807) is 69.7 Å². The molecule has 0 atom stereocenters. The normalized spacial score (nSPS) is 10.4. The predicted molar refractivity (Wildman–Crippen MR) is 109 cm³/mol. The van der Waals surface area contributed by atoms with E-state index >= 15 is 0 Å². The summed E-state index contributed by atoms with van der Waals surface area (Å²) in [6, 6.07) is 13.8. The van der Waals surface area contributed by atoms with Crippen molar-refractivity contribution in [3.05, 3.63) is 70.1 Å². The molecule has 0 saturated carbocycles. The average molecular weight is 397 g/mol. The van der Waals surface area contributed by atoms with E-state index in [2.05, 4.69) is 5.32 Å². The molecule has 1 heterocycles. The Morgan fingerprint density at radius 1 is 0.929 bits per heavy atom. The zero-order chi connectivity index (χ0) is 20.3. The van der Waals surface area contributed by atoms with Gasteiger partial charge in [0.25, 0.3) is 0 Å². The number of benzene rings is 2. The summed E-state index contributed by atoms with van der Waals surface area (Å²) in [6.45, 7) is 1.65. The largest absolute Gasteiger partial charge is 0.497 e. The summed E-state index contributed by atoms with van der Waals surface area (Å²) in [5.74, 6) is 0.0308. The van der Waals surface area contributed by atoms with Gasteiger partial charge < -0.3 is 19.9 Å². The summed E-state index contributed by atoms with van der Waals surface area (Å²) in [7, 11) is 3.13. The Balaban J connectivity index is 1.97. The molecule has 3 aromatic rings. The number of carbonyl (C=O) groups excluding carboxylic acids is 1. The number of hydrogen-bond donors (Lipinski definition) is 2. The van der Waals surface area contributed by atoms with Crippen LogP contribution >= 0.6 is 11.3 Å². The number of rotatable bonds is 7. The summed E-state index contributed by atoms with van der Waals surface area (Å²) in [6.07, 6.45) is 0. The SMILES string of the molecule is COc1ccc(Nc2sc(C(=O)c3ccc(OC)cc3)c(C)c2C(=O)O)cc1. The molecule has 28 heavy (non-hydrogen) atoms. The standard InChI is InChI=1S/C21H19NO5S/c1-12-17(21(24)25)20(22-14-6-10-16(27-3)11-7-14)28-19(12)18(23)13-4-8-15(26-2)9-5-13/h4-11,22H,1-3H3,(H,24,25). The second kappa shape index (κ2) is 8.14. The molecular weight excluding hydrogens is 378 g/mol. The third-order valence-corrected chi connectivity index (χ3v) is 5.47. The predicted octanol–water partition coefficient (Wildman–Crippen LogP) is 4.75. The maximum absolute atomic E-state index is 12.9. The molecule has 0 bridgehead atoms. The number of hydrogen-bond acceptors (Lipinski definition) is 6. The van der Waals surface area contributed by atoms with Crippen molar-refractivity contribution in [2.24, 2.45) is 0 Å². The van der Waals surface area contributed by atoms with Gasteiger partial charge in [-0.05, 0) is 61.0 Å². The summed E-state index contributed by atoms with van der Waals surface area (Å²) in [4.78, 5) is 25.1. The molecule has 0 fully saturated rings. The van der Waals surface area contributed by atoms with Gasteiger partial charge in [0.1, 0.15) is 16.5 Å². The van der Waals surface area contributed by atoms with Crippen molar-refractivity contribution in [3.8, 4) is 11.5 Å². The highest BCUT2D eigenvalue weighted by Gasteiger charge is 2.25. The lowest BCUT2D eigenvalue weighted by atomic mass is 10.0. The van der Waals surface area contributed by atoms with Gasteiger partial charge in [0.15, 0.2) is 0 Å². The van der Waals surface area contributed by atoms with Gasteiger partial charge in [0.05, 0.1) is 24.7 Å². The van der Waals surface area contributed by atoms with Crippen LogP contribution < -0.4 is 14.8 Å². The minimum atomic E-state index is -1.08. The van der Waals surface area contributed by atoms with Crippen molar-refractivity contribution in [3.63, 3.8) is 0 Å². The number of nitrogens with one attached hydrogen (secondary N) is 1. The number of aromatic carboxylic acids is 1. The van der Waals surface area contributed by atoms with E-state index in [-0.39, 0.29) is 11.3 Å². The molecule has 0 aliphatic rings. The second-order valence-electron chi connectivity index (χ2n) is 5.98. The lowest BCUT2D eigenvalue weighted by Gasteiger charge is -2.06. The highest BCUT2D eigenvalue weighted by molar-refractivity contribution is 7.18. The third kappa shape index (κ3) is 3.84. The number of carboxylic acids is 1. The maximum atomic E-state index is 12.9. The Hall–Kier alpha value is -3.32. The first kappa shape index (κ1) is 19.4. The molecule has 0 aliphatic carbocycles. The molecule has 1 aromatic heterocycles. The first-order valence-electron chi connectivity index (χ1n) is 8.41. The van der Waals surface area contributed by atoms with Gasteiger partial charge in [0, 0.05) is 11.3 Å². The molecule has 2 aromatic carbocycles. The fourth-order valence-electron chi connectivity index (χ4n) is 2.75. The Morgan fingerprint density at radius 2 is 1.46 bits per heavy atom. The van der Waals surface area contributed by atoms with Crippen molar-refractivity contribution >= 4 is 33.8 Å². The third-order valence-electron chi connectivity index (χ3n) is 4.27. The monoisotopic (exact) mass is 397 g/mol. The van der Waals surface area contributed by atoms with E-state index in [9.17, 15) is 14.7 Å². The maximum Gasteiger partial charge on any atom is 0.339 e. The molecule has 0 amide bonds. The minimum Gasteiger partial charge on any atom is -0.497 e. The quantitative estimate of drug-likeness (QED) is 0.560. The van der Waals surface area contributed by atoms with E-state index in [0.717, 1.165) is 11.3 Å². The Labute approximate surface area is 166 Å². The second-order valence-corrected chi connectivity index (χ2v) is 7.00. The highest BCUT2D eigenvalue weighted by Crippen LogP contribution is 2.36. The molecule has 2 N–H and O–H groups in total. The first-order chi connectivity index (χ1) is 13.4. The zero-order valence-corrected chi connectivity index (χ0v) is 16.4. The molecule has 6 nitrogen and oxygen atoms in total. The van der Waals surface area contributed by atoms with Crippen molar-refractivity contribution in [2.45, 2.75) is 6.92 Å². The van der Waals surface area contributed by atoms with E-state index in [0.29, 0.717) is 38.2 Å². The summed E-state index contributed by atoms with van der Waals surface area (Å²) < 4.78 is 10.2. The zero-order valence-electron chi connectivity index (χ0n) is 15.6. The number of anilines is 2. The van der Waals surface area contributed by atoms with Crippen LogP contribution in [0.2, 0.25) is 0 Å². The van der Waals surface area contributed by atoms with Crippen molar-refractivity contribution in [1.29, 1.82) is 0 Å². The molecule has 144 valence electrons. The van der Waals surface area contributed by atoms with E-state index in [1.165, 1.54) is 0 Å². The van der Waals surface area contributed by atoms with E-state index in [4.69, 9.17) is 9.47 Å². The number of carbonyl (C=O) groups is 2. The Kier molecular flexibility index (Phi) is 5.65. The lowest BCUT2D eigenvalue weighted by molar-refractivity contribution is 0.0697. The lowest BCUT2D eigenvalue weighted by Crippen LogP contribution is -2.04. The van der Waals surface area contributed by atoms with Gasteiger partial charge in [-0.15, -0.1) is 11.3 Å². The first-order valence-corrected chi connectivity index (χ1v) is 9.22. The van der Waals surface area contributed by atoms with Crippen LogP contribution in [0.1, 0.15) is 31.2 Å². The van der Waals surface area contributed by atoms with Crippen LogP contribution in [-0.2, 0) is 0 Å².